The van der Waals surface area contributed by atoms with Gasteiger partial charge in [0.1, 0.15) is 0 Å². The molecule has 0 spiro atoms. The van der Waals surface area contributed by atoms with Crippen molar-refractivity contribution < 1.29 is 4.79 Å². The number of halogens is 3. The molecule has 25 heavy (non-hydrogen) atoms. The van der Waals surface area contributed by atoms with E-state index in [1.54, 1.807) is 24.3 Å². The van der Waals surface area contributed by atoms with Gasteiger partial charge >= 0.3 is 6.03 Å². The summed E-state index contributed by atoms with van der Waals surface area (Å²) < 4.78 is 0. The minimum atomic E-state index is -0.0866. The monoisotopic (exact) mass is 397 g/mol. The van der Waals surface area contributed by atoms with Gasteiger partial charge in [0.2, 0.25) is 0 Å². The van der Waals surface area contributed by atoms with Crippen molar-refractivity contribution in [3.05, 3.63) is 63.1 Å². The molecule has 1 fully saturated rings. The number of nitrogens with one attached hydrogen (secondary N) is 1. The number of benzene rings is 2. The zero-order valence-corrected chi connectivity index (χ0v) is 15.8. The van der Waals surface area contributed by atoms with E-state index < -0.39 is 0 Å². The Labute approximate surface area is 162 Å². The van der Waals surface area contributed by atoms with Crippen molar-refractivity contribution in [3.63, 3.8) is 0 Å². The predicted octanol–water partition coefficient (Wildman–Crippen LogP) is 5.00. The Balaban J connectivity index is 1.50. The van der Waals surface area contributed by atoms with Gasteiger partial charge in [0.05, 0.1) is 10.0 Å². The quantitative estimate of drug-likeness (QED) is 0.790. The van der Waals surface area contributed by atoms with Gasteiger partial charge in [-0.25, -0.2) is 4.79 Å². The Morgan fingerprint density at radius 2 is 1.60 bits per heavy atom. The third-order valence-electron chi connectivity index (χ3n) is 4.15. The first-order valence-corrected chi connectivity index (χ1v) is 9.12. The minimum absolute atomic E-state index is 0.0866. The van der Waals surface area contributed by atoms with Crippen LogP contribution in [0.1, 0.15) is 5.56 Å². The van der Waals surface area contributed by atoms with Crippen molar-refractivity contribution in [2.75, 3.05) is 31.5 Å². The lowest BCUT2D eigenvalue weighted by Gasteiger charge is -2.34. The molecule has 1 aliphatic heterocycles. The van der Waals surface area contributed by atoms with Crippen LogP contribution in [0.25, 0.3) is 0 Å². The molecule has 1 aliphatic rings. The number of nitrogens with zero attached hydrogens (tertiary/aromatic N) is 2. The number of carbonyl (C=O) groups is 1. The first kappa shape index (κ1) is 18.3. The second-order valence-corrected chi connectivity index (χ2v) is 7.20. The molecule has 7 heteroatoms. The van der Waals surface area contributed by atoms with Crippen LogP contribution < -0.4 is 5.32 Å². The second-order valence-electron chi connectivity index (χ2n) is 5.95. The Morgan fingerprint density at radius 1 is 0.920 bits per heavy atom. The van der Waals surface area contributed by atoms with Crippen LogP contribution in [-0.4, -0.2) is 42.0 Å². The van der Waals surface area contributed by atoms with E-state index in [0.29, 0.717) is 28.2 Å². The number of hydrogen-bond donors (Lipinski definition) is 1. The van der Waals surface area contributed by atoms with Crippen molar-refractivity contribution in [1.29, 1.82) is 0 Å². The number of anilines is 1. The van der Waals surface area contributed by atoms with E-state index in [0.717, 1.165) is 30.9 Å². The van der Waals surface area contributed by atoms with Crippen molar-refractivity contribution in [2.45, 2.75) is 6.54 Å². The highest BCUT2D eigenvalue weighted by Crippen LogP contribution is 2.23. The third kappa shape index (κ3) is 5.02. The maximum Gasteiger partial charge on any atom is 0.321 e. The lowest BCUT2D eigenvalue weighted by atomic mass is 10.2. The van der Waals surface area contributed by atoms with Crippen LogP contribution in [0.5, 0.6) is 0 Å². The summed E-state index contributed by atoms with van der Waals surface area (Å²) in [5, 5.41) is 4.68. The topological polar surface area (TPSA) is 35.6 Å². The fourth-order valence-electron chi connectivity index (χ4n) is 2.74. The van der Waals surface area contributed by atoms with E-state index in [2.05, 4.69) is 10.2 Å². The highest BCUT2D eigenvalue weighted by molar-refractivity contribution is 6.42. The summed E-state index contributed by atoms with van der Waals surface area (Å²) in [6.07, 6.45) is 0. The summed E-state index contributed by atoms with van der Waals surface area (Å²) in [5.41, 5.74) is 1.86. The van der Waals surface area contributed by atoms with Gasteiger partial charge in [0.15, 0.2) is 0 Å². The minimum Gasteiger partial charge on any atom is -0.322 e. The summed E-state index contributed by atoms with van der Waals surface area (Å²) in [6, 6.07) is 12.7. The molecular weight excluding hydrogens is 381 g/mol. The van der Waals surface area contributed by atoms with E-state index in [1.165, 1.54) is 0 Å². The van der Waals surface area contributed by atoms with Crippen molar-refractivity contribution >= 4 is 46.5 Å². The van der Waals surface area contributed by atoms with E-state index in [9.17, 15) is 4.79 Å². The third-order valence-corrected chi connectivity index (χ3v) is 5.14. The normalized spacial score (nSPS) is 15.2. The molecule has 1 N–H and O–H groups in total. The average molecular weight is 399 g/mol. The number of hydrogen-bond acceptors (Lipinski definition) is 2. The number of piperazine rings is 1. The Morgan fingerprint density at radius 3 is 2.24 bits per heavy atom. The van der Waals surface area contributed by atoms with Gasteiger partial charge in [-0.05, 0) is 42.0 Å². The van der Waals surface area contributed by atoms with Crippen LogP contribution in [0, 0.1) is 0 Å². The molecule has 0 atom stereocenters. The van der Waals surface area contributed by atoms with Gasteiger partial charge in [-0.15, -0.1) is 0 Å². The number of rotatable bonds is 3. The zero-order chi connectivity index (χ0) is 17.8. The molecule has 1 saturated heterocycles. The summed E-state index contributed by atoms with van der Waals surface area (Å²) >= 11 is 17.9. The van der Waals surface area contributed by atoms with Crippen LogP contribution in [0.3, 0.4) is 0 Å². The molecule has 0 saturated carbocycles. The fourth-order valence-corrected chi connectivity index (χ4v) is 3.19. The number of carbonyl (C=O) groups excluding carboxylic acids is 1. The standard InChI is InChI=1S/C18H18Cl3N3O/c19-14-2-4-15(5-3-14)22-18(25)24-9-7-23(8-10-24)12-13-1-6-16(20)17(21)11-13/h1-6,11H,7-10,12H2,(H,22,25). The maximum atomic E-state index is 12.3. The van der Waals surface area contributed by atoms with Gasteiger partial charge in [-0.3, -0.25) is 4.90 Å². The van der Waals surface area contributed by atoms with E-state index in [-0.39, 0.29) is 6.03 Å². The molecule has 0 aliphatic carbocycles. The highest BCUT2D eigenvalue weighted by atomic mass is 35.5. The maximum absolute atomic E-state index is 12.3. The van der Waals surface area contributed by atoms with Gasteiger partial charge in [-0.2, -0.15) is 0 Å². The number of urea groups is 1. The molecule has 2 aromatic rings. The van der Waals surface area contributed by atoms with E-state index in [4.69, 9.17) is 34.8 Å². The molecule has 2 amide bonds. The molecule has 3 rings (SSSR count). The Hall–Kier alpha value is -1.46. The van der Waals surface area contributed by atoms with E-state index >= 15 is 0 Å². The largest absolute Gasteiger partial charge is 0.322 e. The predicted molar refractivity (Wildman–Crippen MR) is 104 cm³/mol. The van der Waals surface area contributed by atoms with Crippen LogP contribution in [0.4, 0.5) is 10.5 Å². The molecule has 1 heterocycles. The van der Waals surface area contributed by atoms with E-state index in [1.807, 2.05) is 23.1 Å². The van der Waals surface area contributed by atoms with Crippen LogP contribution >= 0.6 is 34.8 Å². The van der Waals surface area contributed by atoms with Gasteiger partial charge in [0.25, 0.3) is 0 Å². The van der Waals surface area contributed by atoms with Crippen molar-refractivity contribution in [2.24, 2.45) is 0 Å². The van der Waals surface area contributed by atoms with Gasteiger partial charge < -0.3 is 10.2 Å². The van der Waals surface area contributed by atoms with Crippen molar-refractivity contribution in [3.8, 4) is 0 Å². The molecule has 132 valence electrons. The molecule has 0 aromatic heterocycles. The molecule has 0 unspecified atom stereocenters. The summed E-state index contributed by atoms with van der Waals surface area (Å²) in [5.74, 6) is 0. The van der Waals surface area contributed by atoms with Crippen LogP contribution in [0.2, 0.25) is 15.1 Å². The van der Waals surface area contributed by atoms with Crippen LogP contribution in [-0.2, 0) is 6.54 Å². The summed E-state index contributed by atoms with van der Waals surface area (Å²) in [4.78, 5) is 16.4. The molecule has 0 radical (unpaired) electrons. The highest BCUT2D eigenvalue weighted by Gasteiger charge is 2.21. The fraction of sp³-hybridized carbons (Fsp3) is 0.278. The molecule has 2 aromatic carbocycles. The lowest BCUT2D eigenvalue weighted by molar-refractivity contribution is 0.143. The lowest BCUT2D eigenvalue weighted by Crippen LogP contribution is -2.49. The zero-order valence-electron chi connectivity index (χ0n) is 13.5. The first-order valence-electron chi connectivity index (χ1n) is 7.99. The Bertz CT molecular complexity index is 744. The molecule has 0 bridgehead atoms. The van der Waals surface area contributed by atoms with Crippen LogP contribution in [0.15, 0.2) is 42.5 Å². The van der Waals surface area contributed by atoms with Gasteiger partial charge in [-0.1, -0.05) is 40.9 Å². The smallest absolute Gasteiger partial charge is 0.321 e. The Kier molecular flexibility index (Phi) is 6.07. The average Bonchev–Trinajstić information content (AvgIpc) is 2.61. The van der Waals surface area contributed by atoms with Crippen molar-refractivity contribution in [1.82, 2.24) is 9.80 Å². The summed E-state index contributed by atoms with van der Waals surface area (Å²) in [7, 11) is 0. The summed E-state index contributed by atoms with van der Waals surface area (Å²) in [6.45, 7) is 3.79. The number of amides is 2. The second kappa shape index (κ2) is 8.28. The first-order chi connectivity index (χ1) is 12.0. The SMILES string of the molecule is O=C(Nc1ccc(Cl)cc1)N1CCN(Cc2ccc(Cl)c(Cl)c2)CC1. The molecule has 4 nitrogen and oxygen atoms in total. The van der Waals surface area contributed by atoms with Gasteiger partial charge in [0, 0.05) is 43.4 Å². The molecular formula is C18H18Cl3N3O.